The maximum absolute atomic E-state index is 12.0. The topological polar surface area (TPSA) is 99.4 Å². The first-order valence-corrected chi connectivity index (χ1v) is 7.90. The maximum atomic E-state index is 12.0. The van der Waals surface area contributed by atoms with Crippen molar-refractivity contribution in [1.82, 2.24) is 15.3 Å². The molecule has 126 valence electrons. The van der Waals surface area contributed by atoms with Crippen LogP contribution in [0.2, 0.25) is 0 Å². The van der Waals surface area contributed by atoms with Gasteiger partial charge in [0.15, 0.2) is 11.5 Å². The lowest BCUT2D eigenvalue weighted by Crippen LogP contribution is -2.25. The van der Waals surface area contributed by atoms with Gasteiger partial charge in [-0.25, -0.2) is 9.97 Å². The number of nitrogens with two attached hydrogens (primary N) is 1. The average Bonchev–Trinajstić information content (AvgIpc) is 3.13. The van der Waals surface area contributed by atoms with E-state index in [0.717, 1.165) is 30.8 Å². The second kappa shape index (κ2) is 7.74. The Labute approximate surface area is 140 Å². The number of hydrogen-bond donors (Lipinski definition) is 2. The summed E-state index contributed by atoms with van der Waals surface area (Å²) in [7, 11) is 0. The van der Waals surface area contributed by atoms with Crippen LogP contribution in [0.4, 0.5) is 5.82 Å². The monoisotopic (exact) mass is 328 g/mol. The highest BCUT2D eigenvalue weighted by Crippen LogP contribution is 2.16. The number of amides is 1. The van der Waals surface area contributed by atoms with E-state index in [1.165, 1.54) is 12.4 Å². The molecule has 0 saturated carbocycles. The van der Waals surface area contributed by atoms with Crippen molar-refractivity contribution >= 4 is 11.7 Å². The minimum Gasteiger partial charge on any atom is -0.491 e. The van der Waals surface area contributed by atoms with Crippen molar-refractivity contribution in [3.05, 3.63) is 47.9 Å². The molecule has 1 atom stereocenters. The van der Waals surface area contributed by atoms with E-state index in [2.05, 4.69) is 15.3 Å². The van der Waals surface area contributed by atoms with Gasteiger partial charge in [-0.2, -0.15) is 0 Å². The van der Waals surface area contributed by atoms with Crippen molar-refractivity contribution in [3.8, 4) is 5.75 Å². The van der Waals surface area contributed by atoms with Gasteiger partial charge in [0.2, 0.25) is 0 Å². The Morgan fingerprint density at radius 3 is 2.79 bits per heavy atom. The quantitative estimate of drug-likeness (QED) is 0.834. The van der Waals surface area contributed by atoms with Crippen molar-refractivity contribution in [2.45, 2.75) is 25.5 Å². The lowest BCUT2D eigenvalue weighted by Gasteiger charge is -2.12. The molecule has 0 spiro atoms. The lowest BCUT2D eigenvalue weighted by atomic mass is 10.2. The molecule has 1 aliphatic heterocycles. The molecule has 24 heavy (non-hydrogen) atoms. The van der Waals surface area contributed by atoms with Gasteiger partial charge in [-0.1, -0.05) is 12.1 Å². The van der Waals surface area contributed by atoms with E-state index in [4.69, 9.17) is 15.2 Å². The van der Waals surface area contributed by atoms with Gasteiger partial charge >= 0.3 is 0 Å². The van der Waals surface area contributed by atoms with Crippen LogP contribution < -0.4 is 15.8 Å². The zero-order chi connectivity index (χ0) is 16.8. The second-order valence-electron chi connectivity index (χ2n) is 5.56. The van der Waals surface area contributed by atoms with E-state index in [9.17, 15) is 4.79 Å². The summed E-state index contributed by atoms with van der Waals surface area (Å²) in [6, 6.07) is 7.58. The second-order valence-corrected chi connectivity index (χ2v) is 5.56. The van der Waals surface area contributed by atoms with Crippen molar-refractivity contribution in [2.24, 2.45) is 0 Å². The van der Waals surface area contributed by atoms with Crippen LogP contribution in [0, 0.1) is 0 Å². The lowest BCUT2D eigenvalue weighted by molar-refractivity contribution is 0.0679. The average molecular weight is 328 g/mol. The molecule has 3 N–H and O–H groups in total. The van der Waals surface area contributed by atoms with Crippen molar-refractivity contribution < 1.29 is 14.3 Å². The number of ether oxygens (including phenoxy) is 2. The summed E-state index contributed by atoms with van der Waals surface area (Å²) in [5.74, 6) is 0.561. The third kappa shape index (κ3) is 4.20. The molecular formula is C17H20N4O3. The molecule has 3 rings (SSSR count). The first kappa shape index (κ1) is 16.2. The number of nitrogens with zero attached hydrogens (tertiary/aromatic N) is 2. The van der Waals surface area contributed by atoms with Crippen molar-refractivity contribution in [2.75, 3.05) is 18.9 Å². The molecular weight excluding hydrogens is 308 g/mol. The van der Waals surface area contributed by atoms with Crippen LogP contribution in [0.5, 0.6) is 5.75 Å². The maximum Gasteiger partial charge on any atom is 0.273 e. The van der Waals surface area contributed by atoms with Crippen LogP contribution in [0.25, 0.3) is 0 Å². The molecule has 2 aromatic rings. The van der Waals surface area contributed by atoms with Crippen LogP contribution in [-0.4, -0.2) is 35.2 Å². The van der Waals surface area contributed by atoms with E-state index < -0.39 is 0 Å². The minimum absolute atomic E-state index is 0.118. The fraction of sp³-hybridized carbons (Fsp3) is 0.353. The molecule has 1 saturated heterocycles. The van der Waals surface area contributed by atoms with Gasteiger partial charge < -0.3 is 20.5 Å². The van der Waals surface area contributed by atoms with Crippen LogP contribution in [-0.2, 0) is 11.3 Å². The van der Waals surface area contributed by atoms with E-state index in [1.54, 1.807) is 0 Å². The van der Waals surface area contributed by atoms with E-state index >= 15 is 0 Å². The number of rotatable bonds is 6. The summed E-state index contributed by atoms with van der Waals surface area (Å²) < 4.78 is 11.2. The highest BCUT2D eigenvalue weighted by Gasteiger charge is 2.16. The van der Waals surface area contributed by atoms with Crippen LogP contribution >= 0.6 is 0 Å². The van der Waals surface area contributed by atoms with Crippen LogP contribution in [0.15, 0.2) is 36.7 Å². The Morgan fingerprint density at radius 1 is 1.29 bits per heavy atom. The minimum atomic E-state index is -0.348. The Kier molecular flexibility index (Phi) is 5.22. The number of nitrogens with one attached hydrogen (secondary N) is 1. The Bertz CT molecular complexity index is 684. The molecule has 1 aromatic carbocycles. The number of hydrogen-bond acceptors (Lipinski definition) is 6. The molecule has 1 aromatic heterocycles. The third-order valence-corrected chi connectivity index (χ3v) is 3.78. The summed E-state index contributed by atoms with van der Waals surface area (Å²) in [6.45, 7) is 1.77. The van der Waals surface area contributed by atoms with E-state index in [-0.39, 0.29) is 23.5 Å². The normalized spacial score (nSPS) is 16.8. The van der Waals surface area contributed by atoms with Gasteiger partial charge in [0.1, 0.15) is 12.4 Å². The zero-order valence-corrected chi connectivity index (χ0v) is 13.3. The van der Waals surface area contributed by atoms with Gasteiger partial charge in [0.05, 0.1) is 6.10 Å². The van der Waals surface area contributed by atoms with Gasteiger partial charge in [-0.3, -0.25) is 4.79 Å². The number of benzene rings is 1. The zero-order valence-electron chi connectivity index (χ0n) is 13.3. The first-order valence-electron chi connectivity index (χ1n) is 7.90. The smallest absolute Gasteiger partial charge is 0.273 e. The van der Waals surface area contributed by atoms with Crippen LogP contribution in [0.1, 0.15) is 28.9 Å². The largest absolute Gasteiger partial charge is 0.491 e. The molecule has 1 fully saturated rings. The third-order valence-electron chi connectivity index (χ3n) is 3.78. The van der Waals surface area contributed by atoms with E-state index in [1.807, 2.05) is 24.3 Å². The van der Waals surface area contributed by atoms with Gasteiger partial charge in [-0.05, 0) is 30.5 Å². The first-order chi connectivity index (χ1) is 11.7. The van der Waals surface area contributed by atoms with Gasteiger partial charge in [0.25, 0.3) is 5.91 Å². The van der Waals surface area contributed by atoms with E-state index in [0.29, 0.717) is 13.2 Å². The molecule has 7 heteroatoms. The molecule has 0 radical (unpaired) electrons. The van der Waals surface area contributed by atoms with Crippen LogP contribution in [0.3, 0.4) is 0 Å². The number of carbonyl (C=O) groups excluding carboxylic acids is 1. The van der Waals surface area contributed by atoms with Crippen molar-refractivity contribution in [1.29, 1.82) is 0 Å². The number of anilines is 1. The van der Waals surface area contributed by atoms with Crippen molar-refractivity contribution in [3.63, 3.8) is 0 Å². The number of aromatic nitrogens is 2. The number of nitrogen functional groups attached to an aromatic ring is 1. The molecule has 0 unspecified atom stereocenters. The molecule has 1 amide bonds. The molecule has 0 bridgehead atoms. The fourth-order valence-electron chi connectivity index (χ4n) is 2.46. The SMILES string of the molecule is Nc1nccnc1C(=O)NCc1ccc(OC[C@@H]2CCCO2)cc1. The van der Waals surface area contributed by atoms with Gasteiger partial charge in [0, 0.05) is 25.5 Å². The summed E-state index contributed by atoms with van der Waals surface area (Å²) in [6.07, 6.45) is 5.23. The molecule has 1 aliphatic rings. The highest BCUT2D eigenvalue weighted by molar-refractivity contribution is 5.96. The summed E-state index contributed by atoms with van der Waals surface area (Å²) in [5.41, 5.74) is 6.72. The number of carbonyl (C=O) groups is 1. The predicted octanol–water partition coefficient (Wildman–Crippen LogP) is 1.55. The Morgan fingerprint density at radius 2 is 2.08 bits per heavy atom. The summed E-state index contributed by atoms with van der Waals surface area (Å²) >= 11 is 0. The standard InChI is InChI=1S/C17H20N4O3/c18-16-15(19-7-8-20-16)17(22)21-10-12-3-5-13(6-4-12)24-11-14-2-1-9-23-14/h3-8,14H,1-2,9-11H2,(H2,18,20)(H,21,22)/t14-/m0/s1. The van der Waals surface area contributed by atoms with Gasteiger partial charge in [-0.15, -0.1) is 0 Å². The predicted molar refractivity (Wildman–Crippen MR) is 88.5 cm³/mol. The molecule has 2 heterocycles. The highest BCUT2D eigenvalue weighted by atomic mass is 16.5. The molecule has 7 nitrogen and oxygen atoms in total. The fourth-order valence-corrected chi connectivity index (χ4v) is 2.46. The Balaban J connectivity index is 1.49. The summed E-state index contributed by atoms with van der Waals surface area (Å²) in [4.78, 5) is 19.8. The summed E-state index contributed by atoms with van der Waals surface area (Å²) in [5, 5.41) is 2.77. The molecule has 0 aliphatic carbocycles. The Hall–Kier alpha value is -2.67.